The van der Waals surface area contributed by atoms with E-state index in [0.29, 0.717) is 6.54 Å². The third kappa shape index (κ3) is 6.07. The molecule has 8 heteroatoms. The van der Waals surface area contributed by atoms with Crippen LogP contribution in [0.1, 0.15) is 20.3 Å². The summed E-state index contributed by atoms with van der Waals surface area (Å²) >= 11 is 0. The first-order valence-corrected chi connectivity index (χ1v) is 8.64. The van der Waals surface area contributed by atoms with Crippen LogP contribution in [-0.4, -0.2) is 38.0 Å². The number of carbonyl (C=O) groups excluding carboxylic acids is 1. The predicted molar refractivity (Wildman–Crippen MR) is 80.9 cm³/mol. The summed E-state index contributed by atoms with van der Waals surface area (Å²) < 4.78 is 50.3. The second-order valence-electron chi connectivity index (χ2n) is 5.44. The Balaban J connectivity index is 2.62. The van der Waals surface area contributed by atoms with Crippen LogP contribution in [0.2, 0.25) is 0 Å². The molecule has 0 saturated heterocycles. The van der Waals surface area contributed by atoms with Gasteiger partial charge in [-0.3, -0.25) is 4.79 Å². The van der Waals surface area contributed by atoms with Crippen LogP contribution in [0.4, 0.5) is 14.5 Å². The molecule has 1 N–H and O–H groups in total. The van der Waals surface area contributed by atoms with Crippen molar-refractivity contribution in [2.75, 3.05) is 24.7 Å². The van der Waals surface area contributed by atoms with E-state index in [1.54, 1.807) is 0 Å². The number of nitrogens with one attached hydrogen (secondary N) is 1. The summed E-state index contributed by atoms with van der Waals surface area (Å²) in [6.45, 7) is 4.10. The Morgan fingerprint density at radius 3 is 2.41 bits per heavy atom. The zero-order chi connectivity index (χ0) is 16.9. The normalized spacial score (nSPS) is 12.0. The maximum atomic E-state index is 13.0. The Bertz CT molecular complexity index is 633. The SMILES string of the molecule is CC(C)CN(CCC(=O)Nc1ccc(F)c(F)c1)S(C)(=O)=O. The van der Waals surface area contributed by atoms with Gasteiger partial charge in [-0.05, 0) is 18.1 Å². The number of rotatable bonds is 7. The molecule has 1 rings (SSSR count). The fourth-order valence-corrected chi connectivity index (χ4v) is 2.82. The summed E-state index contributed by atoms with van der Waals surface area (Å²) in [5, 5.41) is 2.40. The minimum absolute atomic E-state index is 0.0342. The second-order valence-corrected chi connectivity index (χ2v) is 7.42. The topological polar surface area (TPSA) is 66.5 Å². The molecule has 0 aliphatic rings. The minimum atomic E-state index is -3.40. The molecule has 124 valence electrons. The van der Waals surface area contributed by atoms with Gasteiger partial charge in [0, 0.05) is 31.3 Å². The van der Waals surface area contributed by atoms with Crippen LogP contribution in [0.15, 0.2) is 18.2 Å². The van der Waals surface area contributed by atoms with E-state index < -0.39 is 27.6 Å². The predicted octanol–water partition coefficient (Wildman–Crippen LogP) is 2.21. The number of hydrogen-bond acceptors (Lipinski definition) is 3. The van der Waals surface area contributed by atoms with Gasteiger partial charge in [0.25, 0.3) is 0 Å². The lowest BCUT2D eigenvalue weighted by Gasteiger charge is -2.21. The van der Waals surface area contributed by atoms with Crippen LogP contribution in [0.5, 0.6) is 0 Å². The molecule has 0 fully saturated rings. The van der Waals surface area contributed by atoms with Crippen LogP contribution < -0.4 is 5.32 Å². The first kappa shape index (κ1) is 18.5. The van der Waals surface area contributed by atoms with Gasteiger partial charge >= 0.3 is 0 Å². The van der Waals surface area contributed by atoms with Gasteiger partial charge in [-0.15, -0.1) is 0 Å². The lowest BCUT2D eigenvalue weighted by atomic mass is 10.2. The zero-order valence-electron chi connectivity index (χ0n) is 12.8. The number of nitrogens with zero attached hydrogens (tertiary/aromatic N) is 1. The van der Waals surface area contributed by atoms with Crippen LogP contribution >= 0.6 is 0 Å². The van der Waals surface area contributed by atoms with Crippen LogP contribution in [-0.2, 0) is 14.8 Å². The summed E-state index contributed by atoms with van der Waals surface area (Å²) in [7, 11) is -3.40. The highest BCUT2D eigenvalue weighted by atomic mass is 32.2. The Labute approximate surface area is 129 Å². The molecular formula is C14H20F2N2O3S. The van der Waals surface area contributed by atoms with E-state index in [1.807, 2.05) is 13.8 Å². The maximum absolute atomic E-state index is 13.0. The van der Waals surface area contributed by atoms with E-state index in [0.717, 1.165) is 18.4 Å². The summed E-state index contributed by atoms with van der Waals surface area (Å²) in [6, 6.07) is 3.01. The molecule has 0 saturated carbocycles. The van der Waals surface area contributed by atoms with Crippen molar-refractivity contribution in [2.45, 2.75) is 20.3 Å². The molecule has 0 radical (unpaired) electrons. The number of sulfonamides is 1. The van der Waals surface area contributed by atoms with Crippen LogP contribution in [0.25, 0.3) is 0 Å². The minimum Gasteiger partial charge on any atom is -0.326 e. The molecule has 0 atom stereocenters. The average Bonchev–Trinajstić information content (AvgIpc) is 2.37. The second kappa shape index (κ2) is 7.64. The van der Waals surface area contributed by atoms with Gasteiger partial charge in [0.2, 0.25) is 15.9 Å². The smallest absolute Gasteiger partial charge is 0.225 e. The Morgan fingerprint density at radius 1 is 1.27 bits per heavy atom. The molecule has 1 aromatic carbocycles. The van der Waals surface area contributed by atoms with Gasteiger partial charge in [0.15, 0.2) is 11.6 Å². The third-order valence-corrected chi connectivity index (χ3v) is 4.10. The number of carbonyl (C=O) groups is 1. The number of anilines is 1. The van der Waals surface area contributed by atoms with E-state index in [4.69, 9.17) is 0 Å². The van der Waals surface area contributed by atoms with E-state index in [-0.39, 0.29) is 24.6 Å². The van der Waals surface area contributed by atoms with Gasteiger partial charge < -0.3 is 5.32 Å². The van der Waals surface area contributed by atoms with E-state index in [2.05, 4.69) is 5.32 Å². The average molecular weight is 334 g/mol. The zero-order valence-corrected chi connectivity index (χ0v) is 13.6. The quantitative estimate of drug-likeness (QED) is 0.831. The molecule has 0 aliphatic carbocycles. The van der Waals surface area contributed by atoms with Gasteiger partial charge in [0.1, 0.15) is 0 Å². The highest BCUT2D eigenvalue weighted by molar-refractivity contribution is 7.88. The molecule has 0 spiro atoms. The van der Waals surface area contributed by atoms with Crippen molar-refractivity contribution in [3.8, 4) is 0 Å². The lowest BCUT2D eigenvalue weighted by molar-refractivity contribution is -0.116. The van der Waals surface area contributed by atoms with E-state index in [1.165, 1.54) is 10.4 Å². The van der Waals surface area contributed by atoms with Crippen LogP contribution in [0, 0.1) is 17.6 Å². The molecule has 0 aliphatic heterocycles. The summed E-state index contributed by atoms with van der Waals surface area (Å²) in [5.74, 6) is -2.40. The molecular weight excluding hydrogens is 314 g/mol. The van der Waals surface area contributed by atoms with E-state index >= 15 is 0 Å². The molecule has 0 aromatic heterocycles. The largest absolute Gasteiger partial charge is 0.326 e. The fourth-order valence-electron chi connectivity index (χ4n) is 1.82. The van der Waals surface area contributed by atoms with Crippen molar-refractivity contribution in [3.63, 3.8) is 0 Å². The number of hydrogen-bond donors (Lipinski definition) is 1. The molecule has 1 aromatic rings. The number of halogens is 2. The van der Waals surface area contributed by atoms with Gasteiger partial charge in [0.05, 0.1) is 6.26 Å². The van der Waals surface area contributed by atoms with E-state index in [9.17, 15) is 22.0 Å². The van der Waals surface area contributed by atoms with Gasteiger partial charge in [-0.2, -0.15) is 0 Å². The molecule has 0 unspecified atom stereocenters. The summed E-state index contributed by atoms with van der Waals surface area (Å²) in [5.41, 5.74) is 0.124. The number of amides is 1. The lowest BCUT2D eigenvalue weighted by Crippen LogP contribution is -2.35. The molecule has 1 amide bonds. The monoisotopic (exact) mass is 334 g/mol. The Hall–Kier alpha value is -1.54. The molecule has 0 bridgehead atoms. The van der Waals surface area contributed by atoms with Crippen molar-refractivity contribution >= 4 is 21.6 Å². The Morgan fingerprint density at radius 2 is 1.91 bits per heavy atom. The number of benzene rings is 1. The molecule has 0 heterocycles. The van der Waals surface area contributed by atoms with Crippen molar-refractivity contribution in [3.05, 3.63) is 29.8 Å². The first-order valence-electron chi connectivity index (χ1n) is 6.79. The van der Waals surface area contributed by atoms with Gasteiger partial charge in [-0.25, -0.2) is 21.5 Å². The van der Waals surface area contributed by atoms with Crippen molar-refractivity contribution in [1.29, 1.82) is 0 Å². The Kier molecular flexibility index (Phi) is 6.43. The maximum Gasteiger partial charge on any atom is 0.225 e. The summed E-state index contributed by atoms with van der Waals surface area (Å²) in [6.07, 6.45) is 1.02. The van der Waals surface area contributed by atoms with Crippen LogP contribution in [0.3, 0.4) is 0 Å². The molecule has 22 heavy (non-hydrogen) atoms. The highest BCUT2D eigenvalue weighted by Gasteiger charge is 2.19. The first-order chi connectivity index (χ1) is 10.1. The standard InChI is InChI=1S/C14H20F2N2O3S/c1-10(2)9-18(22(3,20)21)7-6-14(19)17-11-4-5-12(15)13(16)8-11/h4-5,8,10H,6-7,9H2,1-3H3,(H,17,19). The molecule has 5 nitrogen and oxygen atoms in total. The fraction of sp³-hybridized carbons (Fsp3) is 0.500. The van der Waals surface area contributed by atoms with Crippen molar-refractivity contribution in [1.82, 2.24) is 4.31 Å². The van der Waals surface area contributed by atoms with Gasteiger partial charge in [-0.1, -0.05) is 13.8 Å². The highest BCUT2D eigenvalue weighted by Crippen LogP contribution is 2.13. The third-order valence-electron chi connectivity index (χ3n) is 2.83. The summed E-state index contributed by atoms with van der Waals surface area (Å²) in [4.78, 5) is 11.8. The van der Waals surface area contributed by atoms with Crippen molar-refractivity contribution in [2.24, 2.45) is 5.92 Å². The van der Waals surface area contributed by atoms with Crippen molar-refractivity contribution < 1.29 is 22.0 Å².